The number of anilines is 2. The summed E-state index contributed by atoms with van der Waals surface area (Å²) in [4.78, 5) is 26.5. The molecule has 0 spiro atoms. The van der Waals surface area contributed by atoms with Crippen molar-refractivity contribution >= 4 is 23.2 Å². The van der Waals surface area contributed by atoms with Crippen LogP contribution in [0.25, 0.3) is 0 Å². The molecule has 1 aliphatic rings. The summed E-state index contributed by atoms with van der Waals surface area (Å²) in [5.41, 5.74) is 0.818. The standard InChI is InChI=1S/C20H21F2N3O2/c21-15-9-16(22)11-18(10-15)23-19(26)13-25-8-4-5-14(12-25)20(27)24-17-6-2-1-3-7-17/h1-3,6-7,9-11,14H,4-5,8,12-13H2,(H,23,26)(H,24,27)/t14-/m1/s1. The van der Waals surface area contributed by atoms with Crippen molar-refractivity contribution in [1.29, 1.82) is 0 Å². The Morgan fingerprint density at radius 3 is 2.41 bits per heavy atom. The minimum absolute atomic E-state index is 0.0627. The van der Waals surface area contributed by atoms with E-state index >= 15 is 0 Å². The molecule has 1 atom stereocenters. The van der Waals surface area contributed by atoms with Gasteiger partial charge in [0.15, 0.2) is 0 Å². The third-order valence-electron chi connectivity index (χ3n) is 4.43. The predicted molar refractivity (Wildman–Crippen MR) is 99.2 cm³/mol. The normalized spacial score (nSPS) is 17.3. The van der Waals surface area contributed by atoms with Crippen molar-refractivity contribution in [2.45, 2.75) is 12.8 Å². The second-order valence-corrected chi connectivity index (χ2v) is 6.64. The van der Waals surface area contributed by atoms with Crippen molar-refractivity contribution in [2.24, 2.45) is 5.92 Å². The first-order valence-electron chi connectivity index (χ1n) is 8.84. The van der Waals surface area contributed by atoms with Gasteiger partial charge in [0.1, 0.15) is 11.6 Å². The van der Waals surface area contributed by atoms with Crippen LogP contribution in [-0.2, 0) is 9.59 Å². The van der Waals surface area contributed by atoms with Gasteiger partial charge in [-0.05, 0) is 43.7 Å². The Morgan fingerprint density at radius 1 is 1.00 bits per heavy atom. The maximum absolute atomic E-state index is 13.2. The van der Waals surface area contributed by atoms with Gasteiger partial charge in [0, 0.05) is 24.0 Å². The molecule has 0 unspecified atom stereocenters. The molecule has 2 aromatic rings. The fourth-order valence-electron chi connectivity index (χ4n) is 3.21. The highest BCUT2D eigenvalue weighted by molar-refractivity contribution is 5.93. The van der Waals surface area contributed by atoms with E-state index in [9.17, 15) is 18.4 Å². The SMILES string of the molecule is O=C(CN1CCC[C@@H](C(=O)Nc2ccccc2)C1)Nc1cc(F)cc(F)c1. The second kappa shape index (κ2) is 8.73. The first kappa shape index (κ1) is 19.0. The Kier molecular flexibility index (Phi) is 6.13. The summed E-state index contributed by atoms with van der Waals surface area (Å²) in [7, 11) is 0. The van der Waals surface area contributed by atoms with E-state index in [2.05, 4.69) is 10.6 Å². The lowest BCUT2D eigenvalue weighted by molar-refractivity contribution is -0.123. The maximum Gasteiger partial charge on any atom is 0.238 e. The molecule has 142 valence electrons. The van der Waals surface area contributed by atoms with Gasteiger partial charge in [-0.15, -0.1) is 0 Å². The number of nitrogens with one attached hydrogen (secondary N) is 2. The minimum Gasteiger partial charge on any atom is -0.326 e. The molecule has 0 radical (unpaired) electrons. The molecule has 1 heterocycles. The number of hydrogen-bond donors (Lipinski definition) is 2. The van der Waals surface area contributed by atoms with Gasteiger partial charge < -0.3 is 10.6 Å². The molecule has 1 fully saturated rings. The highest BCUT2D eigenvalue weighted by Gasteiger charge is 2.27. The lowest BCUT2D eigenvalue weighted by atomic mass is 9.97. The number of piperidine rings is 1. The molecular formula is C20H21F2N3O2. The highest BCUT2D eigenvalue weighted by atomic mass is 19.1. The third kappa shape index (κ3) is 5.59. The molecule has 3 rings (SSSR count). The number of likely N-dealkylation sites (tertiary alicyclic amines) is 1. The van der Waals surface area contributed by atoms with Gasteiger partial charge in [0.25, 0.3) is 0 Å². The maximum atomic E-state index is 13.2. The summed E-state index contributed by atoms with van der Waals surface area (Å²) in [5, 5.41) is 5.38. The first-order valence-corrected chi connectivity index (χ1v) is 8.84. The summed E-state index contributed by atoms with van der Waals surface area (Å²) in [6, 6.07) is 12.1. The average Bonchev–Trinajstić information content (AvgIpc) is 2.61. The number of rotatable bonds is 5. The van der Waals surface area contributed by atoms with Crippen LogP contribution in [0.5, 0.6) is 0 Å². The van der Waals surface area contributed by atoms with Crippen LogP contribution in [0.4, 0.5) is 20.2 Å². The first-order chi connectivity index (χ1) is 13.0. The smallest absolute Gasteiger partial charge is 0.238 e. The van der Waals surface area contributed by atoms with E-state index in [0.29, 0.717) is 13.1 Å². The van der Waals surface area contributed by atoms with Crippen molar-refractivity contribution in [3.05, 3.63) is 60.2 Å². The highest BCUT2D eigenvalue weighted by Crippen LogP contribution is 2.19. The molecule has 27 heavy (non-hydrogen) atoms. The summed E-state index contributed by atoms with van der Waals surface area (Å²) in [5.74, 6) is -2.15. The molecule has 0 aromatic heterocycles. The number of amides is 2. The van der Waals surface area contributed by atoms with Crippen LogP contribution in [-0.4, -0.2) is 36.3 Å². The molecule has 2 N–H and O–H groups in total. The van der Waals surface area contributed by atoms with E-state index < -0.39 is 11.6 Å². The minimum atomic E-state index is -0.749. The topological polar surface area (TPSA) is 61.4 Å². The molecule has 0 saturated carbocycles. The van der Waals surface area contributed by atoms with Crippen molar-refractivity contribution < 1.29 is 18.4 Å². The lowest BCUT2D eigenvalue weighted by Crippen LogP contribution is -2.44. The van der Waals surface area contributed by atoms with Gasteiger partial charge in [-0.25, -0.2) is 8.78 Å². The molecule has 5 nitrogen and oxygen atoms in total. The van der Waals surface area contributed by atoms with Gasteiger partial charge in [-0.1, -0.05) is 18.2 Å². The van der Waals surface area contributed by atoms with E-state index in [0.717, 1.165) is 36.7 Å². The van der Waals surface area contributed by atoms with Gasteiger partial charge in [0.05, 0.1) is 12.5 Å². The van der Waals surface area contributed by atoms with E-state index in [1.807, 2.05) is 35.2 Å². The van der Waals surface area contributed by atoms with Gasteiger partial charge in [0.2, 0.25) is 11.8 Å². The van der Waals surface area contributed by atoms with Gasteiger partial charge in [-0.2, -0.15) is 0 Å². The summed E-state index contributed by atoms with van der Waals surface area (Å²) in [6.45, 7) is 1.22. The average molecular weight is 373 g/mol. The van der Waals surface area contributed by atoms with Gasteiger partial charge >= 0.3 is 0 Å². The van der Waals surface area contributed by atoms with Gasteiger partial charge in [-0.3, -0.25) is 14.5 Å². The molecule has 2 aromatic carbocycles. The Morgan fingerprint density at radius 2 is 1.70 bits per heavy atom. The van der Waals surface area contributed by atoms with Crippen LogP contribution in [0.15, 0.2) is 48.5 Å². The molecule has 0 bridgehead atoms. The molecule has 1 saturated heterocycles. The van der Waals surface area contributed by atoms with Crippen LogP contribution in [0.2, 0.25) is 0 Å². The predicted octanol–water partition coefficient (Wildman–Crippen LogP) is 3.25. The van der Waals surface area contributed by atoms with Crippen molar-refractivity contribution in [3.8, 4) is 0 Å². The largest absolute Gasteiger partial charge is 0.326 e. The van der Waals surface area contributed by atoms with E-state index in [-0.39, 0.29) is 30.0 Å². The number of carbonyl (C=O) groups excluding carboxylic acids is 2. The second-order valence-electron chi connectivity index (χ2n) is 6.64. The zero-order chi connectivity index (χ0) is 19.2. The Labute approximate surface area is 156 Å². The van der Waals surface area contributed by atoms with Crippen LogP contribution < -0.4 is 10.6 Å². The van der Waals surface area contributed by atoms with Crippen molar-refractivity contribution in [1.82, 2.24) is 4.90 Å². The molecular weight excluding hydrogens is 352 g/mol. The molecule has 0 aliphatic carbocycles. The third-order valence-corrected chi connectivity index (χ3v) is 4.43. The van der Waals surface area contributed by atoms with E-state index in [1.165, 1.54) is 0 Å². The van der Waals surface area contributed by atoms with Crippen LogP contribution >= 0.6 is 0 Å². The Hall–Kier alpha value is -2.80. The molecule has 7 heteroatoms. The number of benzene rings is 2. The molecule has 2 amide bonds. The van der Waals surface area contributed by atoms with Crippen molar-refractivity contribution in [3.63, 3.8) is 0 Å². The zero-order valence-electron chi connectivity index (χ0n) is 14.8. The monoisotopic (exact) mass is 373 g/mol. The van der Waals surface area contributed by atoms with Crippen molar-refractivity contribution in [2.75, 3.05) is 30.3 Å². The van der Waals surface area contributed by atoms with E-state index in [1.54, 1.807) is 0 Å². The fourth-order valence-corrected chi connectivity index (χ4v) is 3.21. The quantitative estimate of drug-likeness (QED) is 0.846. The Balaban J connectivity index is 1.53. The molecule has 1 aliphatic heterocycles. The van der Waals surface area contributed by atoms with E-state index in [4.69, 9.17) is 0 Å². The summed E-state index contributed by atoms with van der Waals surface area (Å²) < 4.78 is 26.4. The van der Waals surface area contributed by atoms with Crippen LogP contribution in [0, 0.1) is 17.6 Å². The zero-order valence-corrected chi connectivity index (χ0v) is 14.8. The van der Waals surface area contributed by atoms with Crippen LogP contribution in [0.3, 0.4) is 0 Å². The number of hydrogen-bond acceptors (Lipinski definition) is 3. The van der Waals surface area contributed by atoms with Crippen LogP contribution in [0.1, 0.15) is 12.8 Å². The Bertz CT molecular complexity index is 794. The fraction of sp³-hybridized carbons (Fsp3) is 0.300. The summed E-state index contributed by atoms with van der Waals surface area (Å²) >= 11 is 0. The summed E-state index contributed by atoms with van der Waals surface area (Å²) in [6.07, 6.45) is 1.56. The number of nitrogens with zero attached hydrogens (tertiary/aromatic N) is 1. The number of carbonyl (C=O) groups is 2. The number of halogens is 2. The lowest BCUT2D eigenvalue weighted by Gasteiger charge is -2.31. The number of para-hydroxylation sites is 1.